The molecule has 0 aliphatic carbocycles. The van der Waals surface area contributed by atoms with E-state index in [1.54, 1.807) is 17.1 Å². The van der Waals surface area contributed by atoms with Crippen molar-refractivity contribution in [3.8, 4) is 0 Å². The van der Waals surface area contributed by atoms with Gasteiger partial charge < -0.3 is 9.88 Å². The predicted molar refractivity (Wildman–Crippen MR) is 101 cm³/mol. The Bertz CT molecular complexity index is 938. The summed E-state index contributed by atoms with van der Waals surface area (Å²) in [6.07, 6.45) is 6.76. The van der Waals surface area contributed by atoms with Crippen LogP contribution < -0.4 is 5.32 Å². The van der Waals surface area contributed by atoms with Crippen LogP contribution in [0.15, 0.2) is 42.9 Å². The van der Waals surface area contributed by atoms with Crippen molar-refractivity contribution in [2.24, 2.45) is 7.05 Å². The monoisotopic (exact) mass is 352 g/mol. The normalized spacial score (nSPS) is 12.3. The van der Waals surface area contributed by atoms with Crippen molar-refractivity contribution in [2.45, 2.75) is 39.3 Å². The van der Waals surface area contributed by atoms with E-state index < -0.39 is 0 Å². The molecule has 26 heavy (non-hydrogen) atoms. The molecule has 136 valence electrons. The first-order chi connectivity index (χ1) is 12.5. The lowest BCUT2D eigenvalue weighted by Crippen LogP contribution is -2.29. The zero-order chi connectivity index (χ0) is 18.7. The van der Waals surface area contributed by atoms with E-state index in [4.69, 9.17) is 0 Å². The molecule has 3 aromatic rings. The van der Waals surface area contributed by atoms with Gasteiger partial charge in [-0.15, -0.1) is 0 Å². The van der Waals surface area contributed by atoms with Gasteiger partial charge in [-0.3, -0.25) is 14.3 Å². The number of amides is 1. The van der Waals surface area contributed by atoms with Crippen molar-refractivity contribution in [3.63, 3.8) is 0 Å². The minimum absolute atomic E-state index is 0.100. The quantitative estimate of drug-likeness (QED) is 0.664. The number of benzene rings is 1. The average molecular weight is 352 g/mol. The molecule has 6 nitrogen and oxygen atoms in total. The molecule has 6 heteroatoms. The summed E-state index contributed by atoms with van der Waals surface area (Å²) in [5.41, 5.74) is 2.55. The van der Waals surface area contributed by atoms with Gasteiger partial charge in [0.25, 0.3) is 0 Å². The number of para-hydroxylation sites is 1. The molecule has 0 spiro atoms. The summed E-state index contributed by atoms with van der Waals surface area (Å²) in [4.78, 5) is 24.9. The molecule has 3 rings (SSSR count). The lowest BCUT2D eigenvalue weighted by Gasteiger charge is -2.13. The van der Waals surface area contributed by atoms with E-state index in [1.807, 2.05) is 55.9 Å². The van der Waals surface area contributed by atoms with Crippen molar-refractivity contribution < 1.29 is 9.59 Å². The number of aromatic nitrogens is 3. The fourth-order valence-electron chi connectivity index (χ4n) is 3.15. The summed E-state index contributed by atoms with van der Waals surface area (Å²) in [5.74, 6) is 0.0168. The molecule has 0 radical (unpaired) electrons. The van der Waals surface area contributed by atoms with Crippen LogP contribution in [0.5, 0.6) is 0 Å². The van der Waals surface area contributed by atoms with Crippen molar-refractivity contribution in [2.75, 3.05) is 0 Å². The SMILES string of the molecule is CCCC(=O)c1cn(CC(=O)NC(C)c2cnn(C)c2)c2ccccc12. The fraction of sp³-hybridized carbons (Fsp3) is 0.350. The van der Waals surface area contributed by atoms with Crippen molar-refractivity contribution in [3.05, 3.63) is 54.0 Å². The van der Waals surface area contributed by atoms with Crippen LogP contribution in [0.2, 0.25) is 0 Å². The molecule has 2 heterocycles. The van der Waals surface area contributed by atoms with Gasteiger partial charge in [0.05, 0.1) is 12.2 Å². The van der Waals surface area contributed by atoms with E-state index in [9.17, 15) is 9.59 Å². The van der Waals surface area contributed by atoms with Gasteiger partial charge in [0, 0.05) is 47.9 Å². The van der Waals surface area contributed by atoms with Gasteiger partial charge in [-0.2, -0.15) is 5.10 Å². The summed E-state index contributed by atoms with van der Waals surface area (Å²) in [6.45, 7) is 4.09. The summed E-state index contributed by atoms with van der Waals surface area (Å²) in [5, 5.41) is 8.02. The van der Waals surface area contributed by atoms with Gasteiger partial charge in [0.15, 0.2) is 5.78 Å². The number of hydrogen-bond acceptors (Lipinski definition) is 3. The van der Waals surface area contributed by atoms with Crippen LogP contribution in [0.4, 0.5) is 0 Å². The van der Waals surface area contributed by atoms with Gasteiger partial charge in [0.1, 0.15) is 6.54 Å². The first-order valence-corrected chi connectivity index (χ1v) is 8.88. The Morgan fingerprint density at radius 3 is 2.69 bits per heavy atom. The highest BCUT2D eigenvalue weighted by Gasteiger charge is 2.17. The molecular weight excluding hydrogens is 328 g/mol. The summed E-state index contributed by atoms with van der Waals surface area (Å²) in [7, 11) is 1.85. The first kappa shape index (κ1) is 17.9. The first-order valence-electron chi connectivity index (χ1n) is 8.88. The second-order valence-electron chi connectivity index (χ2n) is 6.60. The number of fused-ring (bicyclic) bond motifs is 1. The van der Waals surface area contributed by atoms with E-state index in [-0.39, 0.29) is 24.3 Å². The number of Topliss-reactive ketones (excluding diaryl/α,β-unsaturated/α-hetero) is 1. The van der Waals surface area contributed by atoms with Gasteiger partial charge in [-0.1, -0.05) is 25.1 Å². The highest BCUT2D eigenvalue weighted by Crippen LogP contribution is 2.23. The lowest BCUT2D eigenvalue weighted by atomic mass is 10.1. The number of nitrogens with one attached hydrogen (secondary N) is 1. The van der Waals surface area contributed by atoms with Crippen molar-refractivity contribution in [1.82, 2.24) is 19.7 Å². The Morgan fingerprint density at radius 2 is 2.00 bits per heavy atom. The number of rotatable bonds is 7. The standard InChI is InChI=1S/C20H24N4O2/c1-4-7-19(25)17-12-24(18-9-6-5-8-16(17)18)13-20(26)22-14(2)15-10-21-23(3)11-15/h5-6,8-12,14H,4,7,13H2,1-3H3,(H,22,26). The van der Waals surface area contributed by atoms with Crippen LogP contribution in [0.1, 0.15) is 48.7 Å². The molecule has 1 atom stereocenters. The summed E-state index contributed by atoms with van der Waals surface area (Å²) < 4.78 is 3.56. The third kappa shape index (κ3) is 3.69. The highest BCUT2D eigenvalue weighted by atomic mass is 16.2. The Kier molecular flexibility index (Phi) is 5.21. The number of hydrogen-bond donors (Lipinski definition) is 1. The molecule has 1 aromatic carbocycles. The molecule has 0 fully saturated rings. The van der Waals surface area contributed by atoms with E-state index >= 15 is 0 Å². The molecule has 0 saturated heterocycles. The van der Waals surface area contributed by atoms with Gasteiger partial charge in [-0.25, -0.2) is 0 Å². The van der Waals surface area contributed by atoms with Crippen LogP contribution >= 0.6 is 0 Å². The topological polar surface area (TPSA) is 68.9 Å². The number of ketones is 1. The van der Waals surface area contributed by atoms with Crippen LogP contribution in [-0.2, 0) is 18.4 Å². The van der Waals surface area contributed by atoms with Crippen LogP contribution in [0.3, 0.4) is 0 Å². The predicted octanol–water partition coefficient (Wildman–Crippen LogP) is 3.24. The highest BCUT2D eigenvalue weighted by molar-refractivity contribution is 6.08. The minimum atomic E-state index is -0.126. The number of nitrogens with zero attached hydrogens (tertiary/aromatic N) is 3. The Hall–Kier alpha value is -2.89. The molecule has 1 unspecified atom stereocenters. The fourth-order valence-corrected chi connectivity index (χ4v) is 3.15. The average Bonchev–Trinajstić information content (AvgIpc) is 3.20. The zero-order valence-corrected chi connectivity index (χ0v) is 15.4. The Labute approximate surface area is 152 Å². The minimum Gasteiger partial charge on any atom is -0.348 e. The summed E-state index contributed by atoms with van der Waals surface area (Å²) >= 11 is 0. The van der Waals surface area contributed by atoms with Crippen LogP contribution in [-0.4, -0.2) is 26.0 Å². The third-order valence-electron chi connectivity index (χ3n) is 4.48. The van der Waals surface area contributed by atoms with Crippen molar-refractivity contribution >= 4 is 22.6 Å². The van der Waals surface area contributed by atoms with E-state index in [0.717, 1.165) is 22.9 Å². The molecule has 2 aromatic heterocycles. The second kappa shape index (κ2) is 7.56. The molecule has 0 aliphatic rings. The largest absolute Gasteiger partial charge is 0.348 e. The number of carbonyl (C=O) groups excluding carboxylic acids is 2. The number of carbonyl (C=O) groups is 2. The molecule has 0 saturated carbocycles. The molecule has 1 N–H and O–H groups in total. The third-order valence-corrected chi connectivity index (χ3v) is 4.48. The van der Waals surface area contributed by atoms with Gasteiger partial charge in [-0.05, 0) is 19.4 Å². The molecule has 0 aliphatic heterocycles. The maximum Gasteiger partial charge on any atom is 0.240 e. The van der Waals surface area contributed by atoms with Crippen LogP contribution in [0.25, 0.3) is 10.9 Å². The molecule has 1 amide bonds. The maximum absolute atomic E-state index is 12.5. The lowest BCUT2D eigenvalue weighted by molar-refractivity contribution is -0.122. The maximum atomic E-state index is 12.5. The van der Waals surface area contributed by atoms with Crippen molar-refractivity contribution in [1.29, 1.82) is 0 Å². The van der Waals surface area contributed by atoms with E-state index in [2.05, 4.69) is 10.4 Å². The van der Waals surface area contributed by atoms with E-state index in [0.29, 0.717) is 12.0 Å². The molecular formula is C20H24N4O2. The smallest absolute Gasteiger partial charge is 0.240 e. The second-order valence-corrected chi connectivity index (χ2v) is 6.60. The van der Waals surface area contributed by atoms with Gasteiger partial charge in [0.2, 0.25) is 5.91 Å². The zero-order valence-electron chi connectivity index (χ0n) is 15.4. The Morgan fingerprint density at radius 1 is 1.23 bits per heavy atom. The van der Waals surface area contributed by atoms with Crippen LogP contribution in [0, 0.1) is 0 Å². The molecule has 0 bridgehead atoms. The summed E-state index contributed by atoms with van der Waals surface area (Å²) in [6, 6.07) is 7.59. The Balaban J connectivity index is 1.80. The van der Waals surface area contributed by atoms with Gasteiger partial charge >= 0.3 is 0 Å². The van der Waals surface area contributed by atoms with E-state index in [1.165, 1.54) is 0 Å². The number of aryl methyl sites for hydroxylation is 1.